The van der Waals surface area contributed by atoms with E-state index in [1.165, 1.54) is 0 Å². The lowest BCUT2D eigenvalue weighted by molar-refractivity contribution is -0.122. The standard InChI is InChI=1S/C24H26N4O4/c1-16-7-9-19(10-8-16)27-14-18(13-22(27)29)24(30)26-21-11-12-25-28(21)15-17-5-4-6-20(31-2)23(17)32-3/h4-12,18H,13-15H2,1-3H3,(H,26,30). The number of carbonyl (C=O) groups excluding carboxylic acids is 2. The smallest absolute Gasteiger partial charge is 0.230 e. The Morgan fingerprint density at radius 2 is 1.91 bits per heavy atom. The molecule has 0 saturated carbocycles. The fraction of sp³-hybridized carbons (Fsp3) is 0.292. The van der Waals surface area contributed by atoms with Gasteiger partial charge in [0.05, 0.1) is 32.9 Å². The van der Waals surface area contributed by atoms with Gasteiger partial charge in [0.25, 0.3) is 0 Å². The van der Waals surface area contributed by atoms with Crippen molar-refractivity contribution in [3.8, 4) is 11.5 Å². The second-order valence-corrected chi connectivity index (χ2v) is 7.76. The Kier molecular flexibility index (Phi) is 6.11. The summed E-state index contributed by atoms with van der Waals surface area (Å²) in [4.78, 5) is 27.1. The van der Waals surface area contributed by atoms with Gasteiger partial charge in [-0.15, -0.1) is 0 Å². The third-order valence-corrected chi connectivity index (χ3v) is 5.61. The van der Waals surface area contributed by atoms with Gasteiger partial charge in [0.2, 0.25) is 11.8 Å². The van der Waals surface area contributed by atoms with Gasteiger partial charge in [-0.2, -0.15) is 5.10 Å². The SMILES string of the molecule is COc1cccc(Cn2nccc2NC(=O)C2CC(=O)N(c3ccc(C)cc3)C2)c1OC. The minimum atomic E-state index is -0.432. The summed E-state index contributed by atoms with van der Waals surface area (Å²) in [7, 11) is 3.17. The number of benzene rings is 2. The molecule has 1 aliphatic heterocycles. The first-order valence-corrected chi connectivity index (χ1v) is 10.4. The Hall–Kier alpha value is -3.81. The average Bonchev–Trinajstić information content (AvgIpc) is 3.40. The molecule has 0 spiro atoms. The number of methoxy groups -OCH3 is 2. The van der Waals surface area contributed by atoms with E-state index >= 15 is 0 Å². The Bertz CT molecular complexity index is 1120. The van der Waals surface area contributed by atoms with Crippen LogP contribution in [0, 0.1) is 12.8 Å². The Balaban J connectivity index is 1.46. The van der Waals surface area contributed by atoms with E-state index in [4.69, 9.17) is 9.47 Å². The topological polar surface area (TPSA) is 85.7 Å². The molecular weight excluding hydrogens is 408 g/mol. The highest BCUT2D eigenvalue weighted by atomic mass is 16.5. The number of amides is 2. The maximum atomic E-state index is 12.9. The van der Waals surface area contributed by atoms with Crippen LogP contribution in [0.5, 0.6) is 11.5 Å². The number of anilines is 2. The van der Waals surface area contributed by atoms with Gasteiger partial charge in [-0.05, 0) is 25.1 Å². The molecule has 1 N–H and O–H groups in total. The van der Waals surface area contributed by atoms with Gasteiger partial charge in [-0.25, -0.2) is 4.68 Å². The van der Waals surface area contributed by atoms with Crippen LogP contribution >= 0.6 is 0 Å². The zero-order valence-corrected chi connectivity index (χ0v) is 18.4. The van der Waals surface area contributed by atoms with Crippen molar-refractivity contribution in [3.05, 3.63) is 65.9 Å². The van der Waals surface area contributed by atoms with E-state index < -0.39 is 5.92 Å². The first-order chi connectivity index (χ1) is 15.5. The fourth-order valence-corrected chi connectivity index (χ4v) is 3.89. The lowest BCUT2D eigenvalue weighted by Gasteiger charge is -2.17. The van der Waals surface area contributed by atoms with Gasteiger partial charge in [0.1, 0.15) is 5.82 Å². The van der Waals surface area contributed by atoms with Gasteiger partial charge in [0.15, 0.2) is 11.5 Å². The van der Waals surface area contributed by atoms with Gasteiger partial charge < -0.3 is 19.7 Å². The molecule has 2 heterocycles. The summed E-state index contributed by atoms with van der Waals surface area (Å²) in [5, 5.41) is 7.27. The Morgan fingerprint density at radius 1 is 1.12 bits per heavy atom. The van der Waals surface area contributed by atoms with Crippen molar-refractivity contribution >= 4 is 23.3 Å². The Morgan fingerprint density at radius 3 is 2.62 bits per heavy atom. The van der Waals surface area contributed by atoms with Crippen LogP contribution in [-0.4, -0.2) is 42.4 Å². The highest BCUT2D eigenvalue weighted by Gasteiger charge is 2.35. The Labute approximate surface area is 186 Å². The largest absolute Gasteiger partial charge is 0.493 e. The fourth-order valence-electron chi connectivity index (χ4n) is 3.89. The van der Waals surface area contributed by atoms with Crippen LogP contribution in [0.4, 0.5) is 11.5 Å². The number of rotatable bonds is 7. The second-order valence-electron chi connectivity index (χ2n) is 7.76. The van der Waals surface area contributed by atoms with E-state index in [1.54, 1.807) is 36.1 Å². The number of nitrogens with zero attached hydrogens (tertiary/aromatic N) is 3. The molecule has 1 unspecified atom stereocenters. The number of aromatic nitrogens is 2. The second kappa shape index (κ2) is 9.13. The number of hydrogen-bond donors (Lipinski definition) is 1. The molecule has 0 bridgehead atoms. The van der Waals surface area contributed by atoms with Gasteiger partial charge in [-0.3, -0.25) is 9.59 Å². The third kappa shape index (κ3) is 4.30. The number of hydrogen-bond acceptors (Lipinski definition) is 5. The molecule has 1 saturated heterocycles. The number of para-hydroxylation sites is 1. The van der Waals surface area contributed by atoms with Crippen molar-refractivity contribution in [2.75, 3.05) is 31.0 Å². The molecule has 3 aromatic rings. The minimum absolute atomic E-state index is 0.0522. The van der Waals surface area contributed by atoms with Crippen LogP contribution in [0.1, 0.15) is 17.5 Å². The van der Waals surface area contributed by atoms with Crippen LogP contribution in [0.2, 0.25) is 0 Å². The monoisotopic (exact) mass is 434 g/mol. The predicted molar refractivity (Wildman–Crippen MR) is 121 cm³/mol. The molecule has 32 heavy (non-hydrogen) atoms. The molecule has 166 valence electrons. The minimum Gasteiger partial charge on any atom is -0.493 e. The van der Waals surface area contributed by atoms with Crippen molar-refractivity contribution in [2.45, 2.75) is 19.9 Å². The summed E-state index contributed by atoms with van der Waals surface area (Å²) in [5.41, 5.74) is 2.80. The zero-order chi connectivity index (χ0) is 22.7. The van der Waals surface area contributed by atoms with Crippen molar-refractivity contribution in [1.82, 2.24) is 9.78 Å². The highest BCUT2D eigenvalue weighted by molar-refractivity contribution is 6.03. The molecule has 2 aromatic carbocycles. The van der Waals surface area contributed by atoms with E-state index in [9.17, 15) is 9.59 Å². The van der Waals surface area contributed by atoms with Crippen LogP contribution in [0.25, 0.3) is 0 Å². The summed E-state index contributed by atoms with van der Waals surface area (Å²) in [6, 6.07) is 15.1. The van der Waals surface area contributed by atoms with Gasteiger partial charge in [-0.1, -0.05) is 29.8 Å². The molecule has 0 aliphatic carbocycles. The van der Waals surface area contributed by atoms with Crippen molar-refractivity contribution in [1.29, 1.82) is 0 Å². The van der Waals surface area contributed by atoms with E-state index in [0.29, 0.717) is 30.4 Å². The summed E-state index contributed by atoms with van der Waals surface area (Å²) in [6.07, 6.45) is 1.80. The van der Waals surface area contributed by atoms with E-state index in [-0.39, 0.29) is 18.2 Å². The summed E-state index contributed by atoms with van der Waals surface area (Å²) < 4.78 is 12.5. The van der Waals surface area contributed by atoms with Crippen molar-refractivity contribution < 1.29 is 19.1 Å². The van der Waals surface area contributed by atoms with Crippen molar-refractivity contribution in [3.63, 3.8) is 0 Å². The quantitative estimate of drug-likeness (QED) is 0.617. The number of carbonyl (C=O) groups is 2. The van der Waals surface area contributed by atoms with Gasteiger partial charge in [0, 0.05) is 30.3 Å². The normalized spacial score (nSPS) is 15.7. The summed E-state index contributed by atoms with van der Waals surface area (Å²) in [6.45, 7) is 2.74. The van der Waals surface area contributed by atoms with Crippen LogP contribution in [0.15, 0.2) is 54.7 Å². The zero-order valence-electron chi connectivity index (χ0n) is 18.4. The molecule has 1 atom stereocenters. The molecule has 1 aliphatic rings. The molecule has 0 radical (unpaired) electrons. The van der Waals surface area contributed by atoms with Crippen LogP contribution in [-0.2, 0) is 16.1 Å². The van der Waals surface area contributed by atoms with E-state index in [1.807, 2.05) is 49.4 Å². The summed E-state index contributed by atoms with van der Waals surface area (Å²) >= 11 is 0. The number of aryl methyl sites for hydroxylation is 1. The lowest BCUT2D eigenvalue weighted by Crippen LogP contribution is -2.28. The van der Waals surface area contributed by atoms with E-state index in [0.717, 1.165) is 16.8 Å². The first kappa shape index (κ1) is 21.4. The highest BCUT2D eigenvalue weighted by Crippen LogP contribution is 2.32. The van der Waals surface area contributed by atoms with Crippen LogP contribution < -0.4 is 19.7 Å². The molecule has 1 aromatic heterocycles. The maximum Gasteiger partial charge on any atom is 0.230 e. The number of nitrogens with one attached hydrogen (secondary N) is 1. The first-order valence-electron chi connectivity index (χ1n) is 10.4. The van der Waals surface area contributed by atoms with Crippen LogP contribution in [0.3, 0.4) is 0 Å². The molecule has 8 nitrogen and oxygen atoms in total. The molecular formula is C24H26N4O4. The summed E-state index contributed by atoms with van der Waals surface area (Å²) in [5.74, 6) is 1.12. The molecule has 8 heteroatoms. The lowest BCUT2D eigenvalue weighted by atomic mass is 10.1. The maximum absolute atomic E-state index is 12.9. The molecule has 2 amide bonds. The average molecular weight is 434 g/mol. The predicted octanol–water partition coefficient (Wildman–Crippen LogP) is 3.25. The third-order valence-electron chi connectivity index (χ3n) is 5.61. The van der Waals surface area contributed by atoms with E-state index in [2.05, 4.69) is 10.4 Å². The molecule has 1 fully saturated rings. The molecule has 4 rings (SSSR count). The van der Waals surface area contributed by atoms with Gasteiger partial charge >= 0.3 is 0 Å². The van der Waals surface area contributed by atoms with Crippen molar-refractivity contribution in [2.24, 2.45) is 5.92 Å². The number of ether oxygens (including phenoxy) is 2.